The molecule has 1 aliphatic heterocycles. The Labute approximate surface area is 171 Å². The predicted molar refractivity (Wildman–Crippen MR) is 107 cm³/mol. The monoisotopic (exact) mass is 428 g/mol. The van der Waals surface area contributed by atoms with E-state index in [2.05, 4.69) is 10.2 Å². The topological polar surface area (TPSA) is 124 Å². The van der Waals surface area contributed by atoms with Crippen molar-refractivity contribution in [3.8, 4) is 0 Å². The molecule has 8 nitrogen and oxygen atoms in total. The van der Waals surface area contributed by atoms with Gasteiger partial charge in [0.25, 0.3) is 12.0 Å². The zero-order chi connectivity index (χ0) is 21.6. The Balaban J connectivity index is 0.00000145. The van der Waals surface area contributed by atoms with E-state index in [4.69, 9.17) is 28.3 Å². The Hall–Kier alpha value is -2.69. The summed E-state index contributed by atoms with van der Waals surface area (Å²) < 4.78 is 26.3. The Morgan fingerprint density at radius 3 is 2.72 bits per heavy atom. The van der Waals surface area contributed by atoms with Crippen molar-refractivity contribution in [2.24, 2.45) is 11.6 Å². The lowest BCUT2D eigenvalue weighted by Crippen LogP contribution is -2.42. The number of aliphatic hydroxyl groups excluding tert-OH is 1. The van der Waals surface area contributed by atoms with Crippen LogP contribution in [-0.4, -0.2) is 40.5 Å². The minimum atomic E-state index is -2.58. The summed E-state index contributed by atoms with van der Waals surface area (Å²) in [6.45, 7) is 0.916. The van der Waals surface area contributed by atoms with Gasteiger partial charge in [-0.25, -0.2) is 19.7 Å². The van der Waals surface area contributed by atoms with Crippen molar-refractivity contribution in [1.82, 2.24) is 15.2 Å². The van der Waals surface area contributed by atoms with Crippen LogP contribution in [0, 0.1) is 0 Å². The van der Waals surface area contributed by atoms with Crippen molar-refractivity contribution < 1.29 is 13.9 Å². The zero-order valence-corrected chi connectivity index (χ0v) is 16.5. The highest BCUT2D eigenvalue weighted by atomic mass is 35.5. The molecule has 3 rings (SSSR count). The number of nitrogens with zero attached hydrogens (tertiary/aromatic N) is 3. The molecule has 1 aromatic carbocycles. The van der Waals surface area contributed by atoms with Crippen molar-refractivity contribution in [3.63, 3.8) is 0 Å². The molecule has 0 spiro atoms. The molecule has 1 aromatic heterocycles. The third-order valence-electron chi connectivity index (χ3n) is 4.45. The van der Waals surface area contributed by atoms with Crippen molar-refractivity contribution in [1.29, 1.82) is 0 Å². The highest BCUT2D eigenvalue weighted by Gasteiger charge is 2.24. The highest BCUT2D eigenvalue weighted by molar-refractivity contribution is 6.33. The molecule has 0 fully saturated rings. The van der Waals surface area contributed by atoms with E-state index < -0.39 is 12.0 Å². The number of hydrazine groups is 1. The molecule has 0 radical (unpaired) electrons. The summed E-state index contributed by atoms with van der Waals surface area (Å²) in [6, 6.07) is 6.26. The van der Waals surface area contributed by atoms with Crippen LogP contribution in [0.15, 0.2) is 46.7 Å². The Morgan fingerprint density at radius 2 is 2.07 bits per heavy atom. The second-order valence-corrected chi connectivity index (χ2v) is 6.55. The summed E-state index contributed by atoms with van der Waals surface area (Å²) in [7, 11) is 1.00. The van der Waals surface area contributed by atoms with Gasteiger partial charge in [-0.05, 0) is 5.56 Å². The van der Waals surface area contributed by atoms with E-state index >= 15 is 0 Å². The van der Waals surface area contributed by atoms with Crippen molar-refractivity contribution in [2.45, 2.75) is 19.4 Å². The minimum absolute atomic E-state index is 0.0386. The second-order valence-electron chi connectivity index (χ2n) is 6.17. The first-order valence-corrected chi connectivity index (χ1v) is 9.04. The molecule has 0 saturated carbocycles. The van der Waals surface area contributed by atoms with E-state index in [-0.39, 0.29) is 17.1 Å². The molecule has 1 aliphatic rings. The molecular formula is C18H23ClF2N6O2. The number of aromatic amines is 1. The number of nitrogens with two attached hydrogens (primary N) is 2. The molecular weight excluding hydrogens is 406 g/mol. The number of alkyl halides is 2. The fourth-order valence-corrected chi connectivity index (χ4v) is 3.29. The van der Waals surface area contributed by atoms with E-state index in [0.717, 1.165) is 7.11 Å². The van der Waals surface area contributed by atoms with Crippen LogP contribution in [0.2, 0.25) is 5.02 Å². The van der Waals surface area contributed by atoms with E-state index in [1.54, 1.807) is 18.2 Å². The molecule has 158 valence electrons. The summed E-state index contributed by atoms with van der Waals surface area (Å²) in [5.74, 6) is 6.12. The molecule has 11 heteroatoms. The average molecular weight is 429 g/mol. The van der Waals surface area contributed by atoms with E-state index in [1.165, 1.54) is 17.3 Å². The van der Waals surface area contributed by atoms with Crippen molar-refractivity contribution >= 4 is 17.3 Å². The molecule has 0 bridgehead atoms. The number of hydrogen-bond donors (Lipinski definition) is 4. The molecule has 0 atom stereocenters. The number of nitrogens with one attached hydrogen (secondary N) is 1. The number of aromatic nitrogens is 2. The van der Waals surface area contributed by atoms with Crippen LogP contribution in [-0.2, 0) is 6.54 Å². The predicted octanol–water partition coefficient (Wildman–Crippen LogP) is 1.73. The first-order chi connectivity index (χ1) is 13.9. The average Bonchev–Trinajstić information content (AvgIpc) is 2.71. The number of hydrogen-bond acceptors (Lipinski definition) is 7. The quantitative estimate of drug-likeness (QED) is 0.422. The molecule has 6 N–H and O–H groups in total. The fraction of sp³-hybridized carbons (Fsp3) is 0.333. The van der Waals surface area contributed by atoms with Crippen LogP contribution >= 0.6 is 11.6 Å². The Morgan fingerprint density at radius 1 is 1.38 bits per heavy atom. The number of rotatable bonds is 5. The van der Waals surface area contributed by atoms with Crippen molar-refractivity contribution in [2.75, 3.05) is 25.1 Å². The normalized spacial score (nSPS) is 14.0. The van der Waals surface area contributed by atoms with E-state index in [0.29, 0.717) is 42.2 Å². The second kappa shape index (κ2) is 10.2. The SMILES string of the molecule is CO.NC1=C(N(N)Cc2ccccc2C(F)F)CCN(c2cn[nH]c(=O)c2Cl)C1. The third-order valence-corrected chi connectivity index (χ3v) is 4.81. The lowest BCUT2D eigenvalue weighted by atomic mass is 10.1. The van der Waals surface area contributed by atoms with E-state index in [1.807, 2.05) is 4.90 Å². The maximum Gasteiger partial charge on any atom is 0.285 e. The van der Waals surface area contributed by atoms with Gasteiger partial charge < -0.3 is 20.7 Å². The lowest BCUT2D eigenvalue weighted by molar-refractivity contribution is 0.149. The number of aliphatic hydroxyl groups is 1. The smallest absolute Gasteiger partial charge is 0.285 e. The molecule has 0 unspecified atom stereocenters. The van der Waals surface area contributed by atoms with Gasteiger partial charge in [0.15, 0.2) is 0 Å². The Bertz CT molecular complexity index is 921. The van der Waals surface area contributed by atoms with Gasteiger partial charge in [0.05, 0.1) is 30.7 Å². The van der Waals surface area contributed by atoms with Crippen molar-refractivity contribution in [3.05, 3.63) is 68.4 Å². The standard InChI is InChI=1S/C17H19ClF2N6O.CH4O/c18-15-14(7-23-24-17(15)27)25-6-5-13(12(21)9-25)26(22)8-10-3-1-2-4-11(10)16(19)20;1-2/h1-4,7,16H,5-6,8-9,21-22H2,(H,24,27);2H,1H3. The summed E-state index contributed by atoms with van der Waals surface area (Å²) in [5, 5.41) is 14.4. The maximum atomic E-state index is 13.2. The van der Waals surface area contributed by atoms with Gasteiger partial charge in [-0.15, -0.1) is 0 Å². The van der Waals surface area contributed by atoms with Gasteiger partial charge in [0.2, 0.25) is 0 Å². The van der Waals surface area contributed by atoms with Gasteiger partial charge in [-0.3, -0.25) is 4.79 Å². The lowest BCUT2D eigenvalue weighted by Gasteiger charge is -2.34. The van der Waals surface area contributed by atoms with Gasteiger partial charge in [0, 0.05) is 31.3 Å². The van der Waals surface area contributed by atoms with Crippen LogP contribution in [0.4, 0.5) is 14.5 Å². The summed E-state index contributed by atoms with van der Waals surface area (Å²) in [4.78, 5) is 13.4. The summed E-state index contributed by atoms with van der Waals surface area (Å²) >= 11 is 6.04. The Kier molecular flexibility index (Phi) is 7.94. The van der Waals surface area contributed by atoms with E-state index in [9.17, 15) is 13.6 Å². The number of halogens is 3. The fourth-order valence-electron chi connectivity index (χ4n) is 3.08. The molecule has 2 aromatic rings. The van der Waals surface area contributed by atoms with Crippen LogP contribution in [0.5, 0.6) is 0 Å². The first-order valence-electron chi connectivity index (χ1n) is 8.67. The summed E-state index contributed by atoms with van der Waals surface area (Å²) in [6.07, 6.45) is -0.641. The molecule has 0 saturated heterocycles. The minimum Gasteiger partial charge on any atom is -0.400 e. The van der Waals surface area contributed by atoms with Gasteiger partial charge >= 0.3 is 0 Å². The number of H-pyrrole nitrogens is 1. The van der Waals surface area contributed by atoms with Crippen LogP contribution in [0.3, 0.4) is 0 Å². The third kappa shape index (κ3) is 5.22. The zero-order valence-electron chi connectivity index (χ0n) is 15.8. The van der Waals surface area contributed by atoms with Gasteiger partial charge in [-0.1, -0.05) is 35.9 Å². The van der Waals surface area contributed by atoms with Crippen LogP contribution in [0.25, 0.3) is 0 Å². The molecule has 0 amide bonds. The number of anilines is 1. The number of benzene rings is 1. The van der Waals surface area contributed by atoms with Gasteiger partial charge in [0.1, 0.15) is 5.02 Å². The molecule has 0 aliphatic carbocycles. The largest absolute Gasteiger partial charge is 0.400 e. The summed E-state index contributed by atoms with van der Waals surface area (Å²) in [5.41, 5.74) is 7.71. The van der Waals surface area contributed by atoms with Gasteiger partial charge in [-0.2, -0.15) is 5.10 Å². The first kappa shape index (κ1) is 22.6. The highest BCUT2D eigenvalue weighted by Crippen LogP contribution is 2.28. The molecule has 29 heavy (non-hydrogen) atoms. The molecule has 2 heterocycles. The van der Waals surface area contributed by atoms with Crippen LogP contribution in [0.1, 0.15) is 24.0 Å². The van der Waals surface area contributed by atoms with Crippen LogP contribution < -0.4 is 22.0 Å². The maximum absolute atomic E-state index is 13.2.